The summed E-state index contributed by atoms with van der Waals surface area (Å²) in [6.07, 6.45) is 6.48. The Bertz CT molecular complexity index is 421. The summed E-state index contributed by atoms with van der Waals surface area (Å²) in [6.45, 7) is 2.30. The maximum atomic E-state index is 13.3. The summed E-state index contributed by atoms with van der Waals surface area (Å²) in [5, 5.41) is 0. The van der Waals surface area contributed by atoms with Gasteiger partial charge in [-0.25, -0.2) is 4.39 Å². The molecule has 1 aromatic carbocycles. The van der Waals surface area contributed by atoms with E-state index >= 15 is 0 Å². The third-order valence-electron chi connectivity index (χ3n) is 4.06. The first-order valence-corrected chi connectivity index (χ1v) is 7.51. The maximum absolute atomic E-state index is 13.3. The summed E-state index contributed by atoms with van der Waals surface area (Å²) in [5.41, 5.74) is 7.36. The van der Waals surface area contributed by atoms with E-state index in [0.29, 0.717) is 0 Å². The number of halogens is 2. The quantitative estimate of drug-likeness (QED) is 0.803. The minimum Gasteiger partial charge on any atom is -0.325 e. The van der Waals surface area contributed by atoms with E-state index in [2.05, 4.69) is 22.9 Å². The van der Waals surface area contributed by atoms with Crippen molar-refractivity contribution in [1.29, 1.82) is 0 Å². The van der Waals surface area contributed by atoms with E-state index in [4.69, 9.17) is 5.73 Å². The van der Waals surface area contributed by atoms with Crippen LogP contribution >= 0.6 is 15.9 Å². The van der Waals surface area contributed by atoms with Crippen LogP contribution < -0.4 is 5.73 Å². The summed E-state index contributed by atoms with van der Waals surface area (Å²) in [6, 6.07) is 4.85. The lowest BCUT2D eigenvalue weighted by Crippen LogP contribution is -2.41. The van der Waals surface area contributed by atoms with E-state index in [1.54, 1.807) is 12.1 Å². The van der Waals surface area contributed by atoms with Crippen LogP contribution in [-0.4, -0.2) is 5.54 Å². The number of hydrogen-bond acceptors (Lipinski definition) is 1. The van der Waals surface area contributed by atoms with Crippen molar-refractivity contribution >= 4 is 15.9 Å². The Kier molecular flexibility index (Phi) is 4.44. The molecule has 0 aromatic heterocycles. The van der Waals surface area contributed by atoms with E-state index in [0.717, 1.165) is 35.2 Å². The molecule has 1 saturated carbocycles. The number of benzene rings is 1. The highest BCUT2D eigenvalue weighted by Crippen LogP contribution is 2.32. The van der Waals surface area contributed by atoms with Crippen LogP contribution in [0.25, 0.3) is 0 Å². The molecule has 2 rings (SSSR count). The zero-order valence-electron chi connectivity index (χ0n) is 10.9. The van der Waals surface area contributed by atoms with Crippen LogP contribution in [0.3, 0.4) is 0 Å². The molecule has 0 amide bonds. The SMILES string of the molecule is CC1CCCC(N)(Cc2cc(F)ccc2Br)CC1. The van der Waals surface area contributed by atoms with Crippen LogP contribution in [0.5, 0.6) is 0 Å². The van der Waals surface area contributed by atoms with Crippen LogP contribution in [0.1, 0.15) is 44.6 Å². The molecule has 0 saturated heterocycles. The molecule has 0 heterocycles. The van der Waals surface area contributed by atoms with E-state index in [1.807, 2.05) is 0 Å². The number of hydrogen-bond donors (Lipinski definition) is 1. The molecule has 100 valence electrons. The number of rotatable bonds is 2. The minimum absolute atomic E-state index is 0.166. The van der Waals surface area contributed by atoms with Gasteiger partial charge in [-0.1, -0.05) is 35.7 Å². The van der Waals surface area contributed by atoms with Crippen molar-refractivity contribution in [3.8, 4) is 0 Å². The van der Waals surface area contributed by atoms with Gasteiger partial charge >= 0.3 is 0 Å². The van der Waals surface area contributed by atoms with Crippen molar-refractivity contribution in [2.24, 2.45) is 11.7 Å². The molecule has 2 atom stereocenters. The summed E-state index contributed by atoms with van der Waals surface area (Å²) in [4.78, 5) is 0. The average Bonchev–Trinajstić information content (AvgIpc) is 2.47. The Morgan fingerprint density at radius 3 is 2.94 bits per heavy atom. The Balaban J connectivity index is 2.13. The monoisotopic (exact) mass is 313 g/mol. The van der Waals surface area contributed by atoms with E-state index in [1.165, 1.54) is 25.3 Å². The van der Waals surface area contributed by atoms with Crippen molar-refractivity contribution in [3.63, 3.8) is 0 Å². The Morgan fingerprint density at radius 2 is 2.17 bits per heavy atom. The van der Waals surface area contributed by atoms with E-state index < -0.39 is 0 Å². The van der Waals surface area contributed by atoms with Gasteiger partial charge in [-0.2, -0.15) is 0 Å². The van der Waals surface area contributed by atoms with Crippen LogP contribution in [0.15, 0.2) is 22.7 Å². The minimum atomic E-state index is -0.182. The second-order valence-electron chi connectivity index (χ2n) is 5.81. The van der Waals surface area contributed by atoms with Gasteiger partial charge < -0.3 is 5.73 Å². The van der Waals surface area contributed by atoms with Crippen LogP contribution in [0.2, 0.25) is 0 Å². The van der Waals surface area contributed by atoms with Crippen LogP contribution in [0.4, 0.5) is 4.39 Å². The first-order valence-electron chi connectivity index (χ1n) is 6.71. The molecule has 0 bridgehead atoms. The highest BCUT2D eigenvalue weighted by molar-refractivity contribution is 9.10. The molecule has 2 unspecified atom stereocenters. The van der Waals surface area contributed by atoms with Gasteiger partial charge in [0.05, 0.1) is 0 Å². The fraction of sp³-hybridized carbons (Fsp3) is 0.600. The van der Waals surface area contributed by atoms with Gasteiger partial charge in [0, 0.05) is 10.0 Å². The van der Waals surface area contributed by atoms with Gasteiger partial charge in [0.2, 0.25) is 0 Å². The molecule has 18 heavy (non-hydrogen) atoms. The lowest BCUT2D eigenvalue weighted by molar-refractivity contribution is 0.362. The third kappa shape index (κ3) is 3.55. The van der Waals surface area contributed by atoms with Gasteiger partial charge in [0.15, 0.2) is 0 Å². The molecule has 1 aliphatic rings. The van der Waals surface area contributed by atoms with Crippen molar-refractivity contribution < 1.29 is 4.39 Å². The molecule has 1 nitrogen and oxygen atoms in total. The molecule has 0 radical (unpaired) electrons. The fourth-order valence-corrected chi connectivity index (χ4v) is 3.23. The van der Waals surface area contributed by atoms with Crippen LogP contribution in [0, 0.1) is 11.7 Å². The van der Waals surface area contributed by atoms with Gasteiger partial charge in [-0.3, -0.25) is 0 Å². The Hall–Kier alpha value is -0.410. The second kappa shape index (κ2) is 5.70. The molecular weight excluding hydrogens is 293 g/mol. The van der Waals surface area contributed by atoms with Crippen molar-refractivity contribution in [2.75, 3.05) is 0 Å². The largest absolute Gasteiger partial charge is 0.325 e. The molecule has 1 aliphatic carbocycles. The van der Waals surface area contributed by atoms with E-state index in [9.17, 15) is 4.39 Å². The Labute approximate surface area is 117 Å². The molecule has 1 aromatic rings. The van der Waals surface area contributed by atoms with E-state index in [-0.39, 0.29) is 11.4 Å². The van der Waals surface area contributed by atoms with Crippen LogP contribution in [-0.2, 0) is 6.42 Å². The first kappa shape index (κ1) is 14.0. The van der Waals surface area contributed by atoms with Gasteiger partial charge in [0.1, 0.15) is 5.82 Å². The lowest BCUT2D eigenvalue weighted by atomic mass is 9.84. The number of nitrogens with two attached hydrogens (primary N) is 1. The van der Waals surface area contributed by atoms with Gasteiger partial charge in [-0.15, -0.1) is 0 Å². The molecule has 3 heteroatoms. The topological polar surface area (TPSA) is 26.0 Å². The highest BCUT2D eigenvalue weighted by atomic mass is 79.9. The lowest BCUT2D eigenvalue weighted by Gasteiger charge is -2.28. The zero-order valence-corrected chi connectivity index (χ0v) is 12.5. The summed E-state index contributed by atoms with van der Waals surface area (Å²) in [7, 11) is 0. The molecule has 0 aliphatic heterocycles. The molecule has 2 N–H and O–H groups in total. The van der Waals surface area contributed by atoms with Crippen molar-refractivity contribution in [3.05, 3.63) is 34.1 Å². The predicted molar refractivity (Wildman–Crippen MR) is 77.0 cm³/mol. The smallest absolute Gasteiger partial charge is 0.123 e. The third-order valence-corrected chi connectivity index (χ3v) is 4.83. The summed E-state index contributed by atoms with van der Waals surface area (Å²) in [5.74, 6) is 0.588. The average molecular weight is 314 g/mol. The summed E-state index contributed by atoms with van der Waals surface area (Å²) < 4.78 is 14.3. The maximum Gasteiger partial charge on any atom is 0.123 e. The predicted octanol–water partition coefficient (Wildman–Crippen LogP) is 4.43. The second-order valence-corrected chi connectivity index (χ2v) is 6.67. The normalized spacial score (nSPS) is 29.0. The first-order chi connectivity index (χ1) is 8.48. The highest BCUT2D eigenvalue weighted by Gasteiger charge is 2.29. The zero-order chi connectivity index (χ0) is 13.2. The fourth-order valence-electron chi connectivity index (χ4n) is 2.84. The molecular formula is C15H21BrFN. The molecule has 0 spiro atoms. The molecule has 1 fully saturated rings. The Morgan fingerprint density at radius 1 is 1.39 bits per heavy atom. The standard InChI is InChI=1S/C15H21BrFN/c1-11-3-2-7-15(18,8-6-11)10-12-9-13(17)4-5-14(12)16/h4-5,9,11H,2-3,6-8,10,18H2,1H3. The summed E-state index contributed by atoms with van der Waals surface area (Å²) >= 11 is 3.49. The van der Waals surface area contributed by atoms with Crippen molar-refractivity contribution in [1.82, 2.24) is 0 Å². The van der Waals surface area contributed by atoms with Crippen molar-refractivity contribution in [2.45, 2.75) is 51.0 Å². The van der Waals surface area contributed by atoms with Gasteiger partial charge in [0.25, 0.3) is 0 Å². The van der Waals surface area contributed by atoms with Gasteiger partial charge in [-0.05, 0) is 55.4 Å².